The number of guanidine groups is 1. The van der Waals surface area contributed by atoms with Gasteiger partial charge in [0.15, 0.2) is 5.96 Å². The average molecular weight is 511 g/mol. The number of aliphatic imine (C=N–C) groups is 1. The first kappa shape index (κ1) is 25.5. The smallest absolute Gasteiger partial charge is 0.323 e. The number of aromatic nitrogens is 1. The molecule has 1 aliphatic carbocycles. The summed E-state index contributed by atoms with van der Waals surface area (Å²) < 4.78 is 11.1. The monoisotopic (exact) mass is 510 g/mol. The highest BCUT2D eigenvalue weighted by molar-refractivity contribution is 5.85. The molecule has 0 spiro atoms. The van der Waals surface area contributed by atoms with Gasteiger partial charge in [-0.25, -0.2) is 0 Å². The minimum atomic E-state index is -0.792. The van der Waals surface area contributed by atoms with Crippen LogP contribution in [0.5, 0.6) is 0 Å². The fourth-order valence-corrected chi connectivity index (χ4v) is 6.79. The number of nitrogens with two attached hydrogens (primary N) is 3. The number of nitrogens with zero attached hydrogens (tertiary/aromatic N) is 2. The van der Waals surface area contributed by atoms with E-state index in [9.17, 15) is 9.59 Å². The summed E-state index contributed by atoms with van der Waals surface area (Å²) in [6.45, 7) is 2.34. The Labute approximate surface area is 216 Å². The molecule has 1 saturated heterocycles. The average Bonchev–Trinajstić information content (AvgIpc) is 3.28. The van der Waals surface area contributed by atoms with Gasteiger partial charge in [0.2, 0.25) is 0 Å². The van der Waals surface area contributed by atoms with Crippen molar-refractivity contribution >= 4 is 28.8 Å². The third-order valence-corrected chi connectivity index (χ3v) is 8.53. The number of carbonyl (C=O) groups is 2. The Morgan fingerprint density at radius 2 is 2.05 bits per heavy atom. The maximum Gasteiger partial charge on any atom is 0.323 e. The SMILES string of the molecule is COC(=O)[C@@H]1[C@H]2C[C@H]3c4[nH]c5ccccc5c4CCN3C[C@@H]2CC[C@@H]1OC(=O)[C@@H](N)CCCN=C(N)N. The number of esters is 2. The largest absolute Gasteiger partial charge is 0.469 e. The molecular weight excluding hydrogens is 472 g/mol. The van der Waals surface area contributed by atoms with Crippen LogP contribution in [0.1, 0.15) is 49.4 Å². The molecule has 10 heteroatoms. The molecular formula is C27H38N6O4. The number of rotatable bonds is 7. The zero-order valence-corrected chi connectivity index (χ0v) is 21.4. The fourth-order valence-electron chi connectivity index (χ4n) is 6.79. The van der Waals surface area contributed by atoms with Crippen LogP contribution in [0, 0.1) is 17.8 Å². The number of H-pyrrole nitrogens is 1. The molecule has 2 aromatic rings. The summed E-state index contributed by atoms with van der Waals surface area (Å²) in [5.74, 6) is -0.869. The molecule has 2 aliphatic heterocycles. The van der Waals surface area contributed by atoms with E-state index >= 15 is 0 Å². The molecule has 0 unspecified atom stereocenters. The summed E-state index contributed by atoms with van der Waals surface area (Å²) in [5, 5.41) is 1.29. The number of ether oxygens (including phenoxy) is 2. The lowest BCUT2D eigenvalue weighted by Crippen LogP contribution is -2.54. The van der Waals surface area contributed by atoms with Gasteiger partial charge in [0.05, 0.1) is 19.1 Å². The summed E-state index contributed by atoms with van der Waals surface area (Å²) in [6.07, 6.45) is 3.80. The molecule has 6 atom stereocenters. The Bertz CT molecular complexity index is 1170. The van der Waals surface area contributed by atoms with Crippen LogP contribution in [-0.2, 0) is 25.5 Å². The molecule has 5 rings (SSSR count). The summed E-state index contributed by atoms with van der Waals surface area (Å²) in [4.78, 5) is 36.1. The second kappa shape index (κ2) is 10.7. The van der Waals surface area contributed by atoms with Crippen molar-refractivity contribution in [1.82, 2.24) is 9.88 Å². The number of fused-ring (bicyclic) bond motifs is 6. The van der Waals surface area contributed by atoms with Crippen LogP contribution in [0.3, 0.4) is 0 Å². The van der Waals surface area contributed by atoms with Gasteiger partial charge in [-0.2, -0.15) is 0 Å². The number of aromatic amines is 1. The summed E-state index contributed by atoms with van der Waals surface area (Å²) in [6, 6.07) is 7.85. The molecule has 3 aliphatic rings. The zero-order valence-electron chi connectivity index (χ0n) is 21.4. The van der Waals surface area contributed by atoms with Crippen molar-refractivity contribution in [1.29, 1.82) is 0 Å². The molecule has 3 heterocycles. The normalized spacial score (nSPS) is 27.9. The van der Waals surface area contributed by atoms with Crippen LogP contribution >= 0.6 is 0 Å². The Balaban J connectivity index is 1.32. The third-order valence-electron chi connectivity index (χ3n) is 8.53. The lowest BCUT2D eigenvalue weighted by Gasteiger charge is -2.51. The number of carbonyl (C=O) groups excluding carboxylic acids is 2. The Kier molecular flexibility index (Phi) is 7.39. The van der Waals surface area contributed by atoms with Crippen LogP contribution in [0.4, 0.5) is 0 Å². The van der Waals surface area contributed by atoms with E-state index in [-0.39, 0.29) is 23.9 Å². The van der Waals surface area contributed by atoms with Gasteiger partial charge in [-0.1, -0.05) is 18.2 Å². The quantitative estimate of drug-likeness (QED) is 0.189. The van der Waals surface area contributed by atoms with Crippen molar-refractivity contribution in [2.75, 3.05) is 26.7 Å². The van der Waals surface area contributed by atoms with Crippen LogP contribution in [0.25, 0.3) is 10.9 Å². The van der Waals surface area contributed by atoms with Crippen molar-refractivity contribution < 1.29 is 19.1 Å². The molecule has 37 heavy (non-hydrogen) atoms. The van der Waals surface area contributed by atoms with Gasteiger partial charge in [0.25, 0.3) is 0 Å². The number of methoxy groups -OCH3 is 1. The second-order valence-electron chi connectivity index (χ2n) is 10.6. The van der Waals surface area contributed by atoms with Gasteiger partial charge >= 0.3 is 11.9 Å². The Hall–Kier alpha value is -3.11. The number of benzene rings is 1. The topological polar surface area (TPSA) is 162 Å². The maximum absolute atomic E-state index is 13.1. The highest BCUT2D eigenvalue weighted by Crippen LogP contribution is 2.50. The molecule has 200 valence electrons. The van der Waals surface area contributed by atoms with E-state index in [1.165, 1.54) is 23.8 Å². The lowest BCUT2D eigenvalue weighted by molar-refractivity contribution is -0.173. The number of piperidine rings is 1. The van der Waals surface area contributed by atoms with E-state index in [0.717, 1.165) is 37.9 Å². The van der Waals surface area contributed by atoms with Gasteiger partial charge < -0.3 is 31.7 Å². The predicted octanol–water partition coefficient (Wildman–Crippen LogP) is 1.58. The zero-order chi connectivity index (χ0) is 26.1. The third kappa shape index (κ3) is 5.04. The van der Waals surface area contributed by atoms with Gasteiger partial charge in [-0.15, -0.1) is 0 Å². The van der Waals surface area contributed by atoms with Crippen molar-refractivity contribution in [2.45, 2.75) is 56.7 Å². The first-order valence-electron chi connectivity index (χ1n) is 13.3. The van der Waals surface area contributed by atoms with Crippen molar-refractivity contribution in [3.05, 3.63) is 35.5 Å². The molecule has 2 fully saturated rings. The summed E-state index contributed by atoms with van der Waals surface area (Å²) in [7, 11) is 1.41. The van der Waals surface area contributed by atoms with E-state index < -0.39 is 24.0 Å². The van der Waals surface area contributed by atoms with Crippen molar-refractivity contribution in [3.63, 3.8) is 0 Å². The predicted molar refractivity (Wildman–Crippen MR) is 140 cm³/mol. The molecule has 7 N–H and O–H groups in total. The van der Waals surface area contributed by atoms with E-state index in [1.54, 1.807) is 0 Å². The van der Waals surface area contributed by atoms with Crippen LogP contribution in [0.15, 0.2) is 29.3 Å². The molecule has 0 amide bonds. The molecule has 0 bridgehead atoms. The van der Waals surface area contributed by atoms with E-state index in [2.05, 4.69) is 39.1 Å². The molecule has 1 aromatic carbocycles. The second-order valence-corrected chi connectivity index (χ2v) is 10.6. The van der Waals surface area contributed by atoms with E-state index in [1.807, 2.05) is 0 Å². The molecule has 10 nitrogen and oxygen atoms in total. The van der Waals surface area contributed by atoms with Crippen LogP contribution in [0.2, 0.25) is 0 Å². The molecule has 0 radical (unpaired) electrons. The van der Waals surface area contributed by atoms with Crippen LogP contribution in [-0.4, -0.2) is 66.7 Å². The minimum absolute atomic E-state index is 0.0115. The first-order valence-corrected chi connectivity index (χ1v) is 13.3. The highest BCUT2D eigenvalue weighted by Gasteiger charge is 2.51. The summed E-state index contributed by atoms with van der Waals surface area (Å²) >= 11 is 0. The number of hydrogen-bond acceptors (Lipinski definition) is 7. The van der Waals surface area contributed by atoms with E-state index in [0.29, 0.717) is 31.7 Å². The standard InChI is InChI=1S/C27H38N6O4/c1-36-26(35)23-18-13-21-24-17(16-5-2-3-7-20(16)32-24)10-12-33(21)14-15(18)8-9-22(23)37-25(34)19(28)6-4-11-31-27(29)30/h2-3,5,7,15,18-19,21-23,32H,4,6,8-14,28H2,1H3,(H4,29,30,31)/t15-,18-,19-,21-,22-,23+/m0/s1. The molecule has 1 saturated carbocycles. The summed E-state index contributed by atoms with van der Waals surface area (Å²) in [5.41, 5.74) is 20.6. The van der Waals surface area contributed by atoms with Gasteiger partial charge in [0.1, 0.15) is 12.1 Å². The van der Waals surface area contributed by atoms with Gasteiger partial charge in [-0.3, -0.25) is 19.5 Å². The van der Waals surface area contributed by atoms with Gasteiger partial charge in [0, 0.05) is 36.2 Å². The van der Waals surface area contributed by atoms with Crippen molar-refractivity contribution in [3.8, 4) is 0 Å². The van der Waals surface area contributed by atoms with Crippen molar-refractivity contribution in [2.24, 2.45) is 39.9 Å². The maximum atomic E-state index is 13.1. The Morgan fingerprint density at radius 1 is 1.24 bits per heavy atom. The number of hydrogen-bond donors (Lipinski definition) is 4. The fraction of sp³-hybridized carbons (Fsp3) is 0.593. The highest BCUT2D eigenvalue weighted by atomic mass is 16.6. The molecule has 1 aromatic heterocycles. The number of para-hydroxylation sites is 1. The number of nitrogens with one attached hydrogen (secondary N) is 1. The van der Waals surface area contributed by atoms with E-state index in [4.69, 9.17) is 26.7 Å². The minimum Gasteiger partial charge on any atom is -0.469 e. The lowest BCUT2D eigenvalue weighted by atomic mass is 9.64. The van der Waals surface area contributed by atoms with Gasteiger partial charge in [-0.05, 0) is 62.0 Å². The first-order chi connectivity index (χ1) is 17.9. The Morgan fingerprint density at radius 3 is 2.84 bits per heavy atom. The van der Waals surface area contributed by atoms with Crippen LogP contribution < -0.4 is 17.2 Å².